The zero-order chi connectivity index (χ0) is 23.1. The van der Waals surface area contributed by atoms with Crippen LogP contribution >= 0.6 is 0 Å². The van der Waals surface area contributed by atoms with E-state index >= 15 is 0 Å². The van der Waals surface area contributed by atoms with Crippen LogP contribution in [0.15, 0.2) is 42.5 Å². The first-order chi connectivity index (χ1) is 15.4. The van der Waals surface area contributed by atoms with Crippen LogP contribution in [0.3, 0.4) is 0 Å². The van der Waals surface area contributed by atoms with Crippen molar-refractivity contribution in [1.82, 2.24) is 0 Å². The van der Waals surface area contributed by atoms with E-state index in [0.717, 1.165) is 43.4 Å². The van der Waals surface area contributed by atoms with Gasteiger partial charge in [0.1, 0.15) is 17.1 Å². The fraction of sp³-hybridized carbons (Fsp3) is 0.462. The molecule has 0 saturated heterocycles. The molecular formula is C26H33NO5. The lowest BCUT2D eigenvalue weighted by Gasteiger charge is -2.36. The molecule has 172 valence electrons. The van der Waals surface area contributed by atoms with Crippen LogP contribution in [0, 0.1) is 5.92 Å². The van der Waals surface area contributed by atoms with Gasteiger partial charge in [0.2, 0.25) is 5.91 Å². The molecule has 1 fully saturated rings. The molecule has 0 atom stereocenters. The predicted molar refractivity (Wildman–Crippen MR) is 125 cm³/mol. The Bertz CT molecular complexity index is 930. The maximum absolute atomic E-state index is 13.6. The molecule has 0 spiro atoms. The molecule has 2 aromatic carbocycles. The number of benzene rings is 2. The van der Waals surface area contributed by atoms with E-state index < -0.39 is 11.4 Å². The number of hydrogen-bond donors (Lipinski definition) is 1. The minimum absolute atomic E-state index is 0.0611. The predicted octanol–water partition coefficient (Wildman–Crippen LogP) is 5.36. The summed E-state index contributed by atoms with van der Waals surface area (Å²) in [7, 11) is 2.96. The number of ether oxygens (including phenoxy) is 3. The molecule has 1 N–H and O–H groups in total. The summed E-state index contributed by atoms with van der Waals surface area (Å²) in [4.78, 5) is 25.9. The molecule has 1 aliphatic carbocycles. The molecule has 3 rings (SSSR count). The summed E-state index contributed by atoms with van der Waals surface area (Å²) in [5, 5.41) is 3.06. The Balaban J connectivity index is 1.89. The molecule has 1 saturated carbocycles. The summed E-state index contributed by atoms with van der Waals surface area (Å²) in [5.41, 5.74) is 1.22. The molecule has 0 radical (unpaired) electrons. The van der Waals surface area contributed by atoms with Crippen molar-refractivity contribution < 1.29 is 23.8 Å². The fourth-order valence-corrected chi connectivity index (χ4v) is 4.22. The quantitative estimate of drug-likeness (QED) is 0.561. The van der Waals surface area contributed by atoms with Gasteiger partial charge in [0.25, 0.3) is 0 Å². The first-order valence-corrected chi connectivity index (χ1v) is 11.2. The molecule has 0 heterocycles. The van der Waals surface area contributed by atoms with E-state index in [1.165, 1.54) is 7.11 Å². The van der Waals surface area contributed by atoms with E-state index in [-0.39, 0.29) is 5.91 Å². The van der Waals surface area contributed by atoms with Crippen molar-refractivity contribution >= 4 is 17.6 Å². The SMILES string of the molecule is COC(=O)c1cc(NC(=O)C2(c3ccc(OC)cc3)CCCCC2)ccc1OCC(C)C. The minimum atomic E-state index is -0.608. The van der Waals surface area contributed by atoms with E-state index in [0.29, 0.717) is 29.5 Å². The van der Waals surface area contributed by atoms with Crippen molar-refractivity contribution in [1.29, 1.82) is 0 Å². The van der Waals surface area contributed by atoms with Crippen LogP contribution < -0.4 is 14.8 Å². The lowest BCUT2D eigenvalue weighted by Crippen LogP contribution is -2.42. The number of anilines is 1. The van der Waals surface area contributed by atoms with Gasteiger partial charge >= 0.3 is 5.97 Å². The molecule has 0 bridgehead atoms. The zero-order valence-corrected chi connectivity index (χ0v) is 19.4. The van der Waals surface area contributed by atoms with E-state index in [1.54, 1.807) is 25.3 Å². The second-order valence-corrected chi connectivity index (χ2v) is 8.73. The zero-order valence-electron chi connectivity index (χ0n) is 19.4. The van der Waals surface area contributed by atoms with Gasteiger partial charge in [0, 0.05) is 5.69 Å². The second-order valence-electron chi connectivity index (χ2n) is 8.73. The monoisotopic (exact) mass is 439 g/mol. The summed E-state index contributed by atoms with van der Waals surface area (Å²) in [6.07, 6.45) is 4.68. The number of carbonyl (C=O) groups is 2. The Morgan fingerprint density at radius 3 is 2.28 bits per heavy atom. The molecule has 0 aliphatic heterocycles. The Kier molecular flexibility index (Phi) is 7.78. The Labute approximate surface area is 190 Å². The van der Waals surface area contributed by atoms with Gasteiger partial charge in [-0.25, -0.2) is 4.79 Å². The smallest absolute Gasteiger partial charge is 0.341 e. The third kappa shape index (κ3) is 5.23. The third-order valence-corrected chi connectivity index (χ3v) is 6.00. The average molecular weight is 440 g/mol. The molecule has 6 heteroatoms. The normalized spacial score (nSPS) is 15.2. The largest absolute Gasteiger partial charge is 0.497 e. The average Bonchev–Trinajstić information content (AvgIpc) is 2.83. The summed E-state index contributed by atoms with van der Waals surface area (Å²) in [6.45, 7) is 4.56. The number of methoxy groups -OCH3 is 2. The highest BCUT2D eigenvalue weighted by Crippen LogP contribution is 2.41. The van der Waals surface area contributed by atoms with Crippen LogP contribution in [-0.2, 0) is 14.9 Å². The highest BCUT2D eigenvalue weighted by molar-refractivity contribution is 6.01. The van der Waals surface area contributed by atoms with Gasteiger partial charge in [-0.1, -0.05) is 45.2 Å². The highest BCUT2D eigenvalue weighted by Gasteiger charge is 2.41. The Hall–Kier alpha value is -3.02. The summed E-state index contributed by atoms with van der Waals surface area (Å²) < 4.78 is 16.0. The summed E-state index contributed by atoms with van der Waals surface area (Å²) >= 11 is 0. The molecular weight excluding hydrogens is 406 g/mol. The van der Waals surface area contributed by atoms with Gasteiger partial charge in [-0.3, -0.25) is 4.79 Å². The maximum atomic E-state index is 13.6. The van der Waals surface area contributed by atoms with E-state index in [9.17, 15) is 9.59 Å². The number of esters is 1. The van der Waals surface area contributed by atoms with Crippen molar-refractivity contribution in [3.63, 3.8) is 0 Å². The van der Waals surface area contributed by atoms with Gasteiger partial charge in [-0.2, -0.15) is 0 Å². The molecule has 2 aromatic rings. The number of amides is 1. The second kappa shape index (κ2) is 10.5. The number of rotatable bonds is 8. The first kappa shape index (κ1) is 23.6. The topological polar surface area (TPSA) is 73.9 Å². The minimum Gasteiger partial charge on any atom is -0.497 e. The van der Waals surface area contributed by atoms with E-state index in [2.05, 4.69) is 5.32 Å². The Morgan fingerprint density at radius 2 is 1.69 bits per heavy atom. The van der Waals surface area contributed by atoms with Crippen LogP contribution in [0.2, 0.25) is 0 Å². The van der Waals surface area contributed by atoms with Crippen LogP contribution in [0.25, 0.3) is 0 Å². The van der Waals surface area contributed by atoms with Crippen LogP contribution in [0.4, 0.5) is 5.69 Å². The first-order valence-electron chi connectivity index (χ1n) is 11.2. The van der Waals surface area contributed by atoms with E-state index in [4.69, 9.17) is 14.2 Å². The Morgan fingerprint density at radius 1 is 1.00 bits per heavy atom. The van der Waals surface area contributed by atoms with Gasteiger partial charge in [0.15, 0.2) is 0 Å². The lowest BCUT2D eigenvalue weighted by atomic mass is 9.68. The van der Waals surface area contributed by atoms with Gasteiger partial charge in [-0.05, 0) is 54.7 Å². The van der Waals surface area contributed by atoms with Crippen molar-refractivity contribution in [3.05, 3.63) is 53.6 Å². The standard InChI is InChI=1S/C26H33NO5/c1-18(2)17-32-23-13-10-20(16-22(23)24(28)31-4)27-25(29)26(14-6-5-7-15-26)19-8-11-21(30-3)12-9-19/h8-13,16,18H,5-7,14-15,17H2,1-4H3,(H,27,29). The van der Waals surface area contributed by atoms with Gasteiger partial charge in [-0.15, -0.1) is 0 Å². The van der Waals surface area contributed by atoms with Crippen molar-refractivity contribution in [2.75, 3.05) is 26.1 Å². The summed E-state index contributed by atoms with van der Waals surface area (Å²) in [5.74, 6) is 0.970. The van der Waals surface area contributed by atoms with Gasteiger partial charge in [0.05, 0.1) is 26.2 Å². The van der Waals surface area contributed by atoms with Crippen molar-refractivity contribution in [3.8, 4) is 11.5 Å². The van der Waals surface area contributed by atoms with Crippen LogP contribution in [-0.4, -0.2) is 32.7 Å². The fourth-order valence-electron chi connectivity index (χ4n) is 4.22. The van der Waals surface area contributed by atoms with Crippen molar-refractivity contribution in [2.45, 2.75) is 51.4 Å². The summed E-state index contributed by atoms with van der Waals surface area (Å²) in [6, 6.07) is 12.9. The van der Waals surface area contributed by atoms with Gasteiger partial charge < -0.3 is 19.5 Å². The third-order valence-electron chi connectivity index (χ3n) is 6.00. The van der Waals surface area contributed by atoms with E-state index in [1.807, 2.05) is 38.1 Å². The molecule has 6 nitrogen and oxygen atoms in total. The van der Waals surface area contributed by atoms with Crippen LogP contribution in [0.1, 0.15) is 61.9 Å². The molecule has 0 aromatic heterocycles. The highest BCUT2D eigenvalue weighted by atomic mass is 16.5. The van der Waals surface area contributed by atoms with Crippen molar-refractivity contribution in [2.24, 2.45) is 5.92 Å². The number of carbonyl (C=O) groups excluding carboxylic acids is 2. The number of hydrogen-bond acceptors (Lipinski definition) is 5. The molecule has 32 heavy (non-hydrogen) atoms. The van der Waals surface area contributed by atoms with Crippen LogP contribution in [0.5, 0.6) is 11.5 Å². The molecule has 1 amide bonds. The lowest BCUT2D eigenvalue weighted by molar-refractivity contribution is -0.122. The molecule has 0 unspecified atom stereocenters. The molecule has 1 aliphatic rings. The maximum Gasteiger partial charge on any atom is 0.341 e. The number of nitrogens with one attached hydrogen (secondary N) is 1.